The molecule has 0 atom stereocenters. The van der Waals surface area contributed by atoms with E-state index in [0.29, 0.717) is 40.5 Å². The molecule has 0 fully saturated rings. The third-order valence-corrected chi connectivity index (χ3v) is 7.53. The number of nitrogens with one attached hydrogen (secondary N) is 3. The molecule has 0 aliphatic rings. The van der Waals surface area contributed by atoms with Crippen LogP contribution in [-0.2, 0) is 6.54 Å². The first-order valence-corrected chi connectivity index (χ1v) is 13.5. The molecule has 0 aliphatic heterocycles. The summed E-state index contributed by atoms with van der Waals surface area (Å²) in [7, 11) is 3.88. The highest BCUT2D eigenvalue weighted by atomic mass is 32.1. The second-order valence-electron chi connectivity index (χ2n) is 9.63. The monoisotopic (exact) mass is 539 g/mol. The summed E-state index contributed by atoms with van der Waals surface area (Å²) in [6.45, 7) is 3.69. The van der Waals surface area contributed by atoms with Gasteiger partial charge in [-0.25, -0.2) is 0 Å². The number of thiophene rings is 1. The van der Waals surface area contributed by atoms with Crippen molar-refractivity contribution in [2.24, 2.45) is 0 Å². The number of amides is 1. The molecule has 8 nitrogen and oxygen atoms in total. The van der Waals surface area contributed by atoms with Gasteiger partial charge in [0, 0.05) is 36.9 Å². The molecule has 5 aromatic rings. The number of likely N-dealkylation sites (N-methyl/N-ethyl adjacent to an activating group) is 1. The van der Waals surface area contributed by atoms with Gasteiger partial charge in [-0.15, -0.1) is 11.3 Å². The van der Waals surface area contributed by atoms with Crippen LogP contribution in [-0.4, -0.2) is 43.0 Å². The molecule has 9 heteroatoms. The van der Waals surface area contributed by atoms with E-state index in [4.69, 9.17) is 0 Å². The quantitative estimate of drug-likeness (QED) is 0.221. The molecule has 3 aromatic carbocycles. The van der Waals surface area contributed by atoms with Crippen molar-refractivity contribution in [3.05, 3.63) is 103 Å². The lowest BCUT2D eigenvalue weighted by Gasteiger charge is -2.17. The smallest absolute Gasteiger partial charge is 0.267 e. The maximum Gasteiger partial charge on any atom is 0.267 e. The molecular formula is C30H29N5O3S. The topological polar surface area (TPSA) is 103 Å². The van der Waals surface area contributed by atoms with Gasteiger partial charge in [-0.1, -0.05) is 24.3 Å². The number of pyridine rings is 1. The highest BCUT2D eigenvalue weighted by Crippen LogP contribution is 2.31. The van der Waals surface area contributed by atoms with Crippen LogP contribution in [0.2, 0.25) is 0 Å². The molecule has 0 unspecified atom stereocenters. The standard InChI is InChI=1S/C30H29N5O3S/c1-18-8-9-20(16-22(18)25-26(28(37)27(25)36)32-13-14-35(2)3)34-30(38)29-24(11-15-39-29)33-17-19-10-12-31-23-7-5-4-6-21(19)23/h4-12,15-16,32-33H,13-14,17H2,1-3H3,(H,34,38). The zero-order chi connectivity index (χ0) is 27.5. The van der Waals surface area contributed by atoms with Crippen LogP contribution >= 0.6 is 11.3 Å². The largest absolute Gasteiger partial charge is 0.380 e. The van der Waals surface area contributed by atoms with Crippen LogP contribution in [0.5, 0.6) is 0 Å². The van der Waals surface area contributed by atoms with E-state index in [-0.39, 0.29) is 5.91 Å². The minimum absolute atomic E-state index is 0.254. The van der Waals surface area contributed by atoms with Gasteiger partial charge in [0.25, 0.3) is 5.91 Å². The normalized spacial score (nSPS) is 11.3. The van der Waals surface area contributed by atoms with Crippen LogP contribution in [0.4, 0.5) is 17.1 Å². The minimum Gasteiger partial charge on any atom is -0.380 e. The summed E-state index contributed by atoms with van der Waals surface area (Å²) in [6.07, 6.45) is 1.79. The first-order valence-electron chi connectivity index (χ1n) is 12.6. The lowest BCUT2D eigenvalue weighted by molar-refractivity contribution is 0.103. The number of nitrogens with zero attached hydrogens (tertiary/aromatic N) is 2. The van der Waals surface area contributed by atoms with E-state index in [0.717, 1.165) is 34.3 Å². The molecule has 0 spiro atoms. The van der Waals surface area contributed by atoms with Crippen molar-refractivity contribution in [1.29, 1.82) is 0 Å². The van der Waals surface area contributed by atoms with E-state index in [1.165, 1.54) is 11.3 Å². The maximum absolute atomic E-state index is 13.3. The van der Waals surface area contributed by atoms with Gasteiger partial charge < -0.3 is 20.9 Å². The summed E-state index contributed by atoms with van der Waals surface area (Å²) in [5, 5.41) is 12.4. The fraction of sp³-hybridized carbons (Fsp3) is 0.200. The van der Waals surface area contributed by atoms with Crippen molar-refractivity contribution in [2.45, 2.75) is 13.5 Å². The number of aryl methyl sites for hydroxylation is 1. The van der Waals surface area contributed by atoms with Crippen LogP contribution in [0.15, 0.2) is 75.8 Å². The van der Waals surface area contributed by atoms with Crippen molar-refractivity contribution in [3.8, 4) is 11.1 Å². The number of carbonyl (C=O) groups excluding carboxylic acids is 1. The summed E-state index contributed by atoms with van der Waals surface area (Å²) in [5.41, 5.74) is 4.47. The number of hydrogen-bond acceptors (Lipinski definition) is 8. The number of hydrogen-bond donors (Lipinski definition) is 3. The zero-order valence-electron chi connectivity index (χ0n) is 22.0. The lowest BCUT2D eigenvalue weighted by Crippen LogP contribution is -2.37. The second kappa shape index (κ2) is 11.2. The number of fused-ring (bicyclic) bond motifs is 1. The summed E-state index contributed by atoms with van der Waals surface area (Å²) < 4.78 is 0. The average molecular weight is 540 g/mol. The predicted octanol–water partition coefficient (Wildman–Crippen LogP) is 4.71. The third-order valence-electron chi connectivity index (χ3n) is 6.62. The SMILES string of the molecule is Cc1ccc(NC(=O)c2sccc2NCc2ccnc3ccccc23)cc1-c1c(NCCN(C)C)c(=O)c1=O. The molecular weight excluding hydrogens is 510 g/mol. The van der Waals surface area contributed by atoms with Crippen LogP contribution < -0.4 is 26.8 Å². The lowest BCUT2D eigenvalue weighted by atomic mass is 9.94. The molecule has 2 heterocycles. The van der Waals surface area contributed by atoms with Gasteiger partial charge in [-0.05, 0) is 73.4 Å². The molecule has 0 saturated carbocycles. The van der Waals surface area contributed by atoms with Crippen molar-refractivity contribution in [2.75, 3.05) is 43.1 Å². The van der Waals surface area contributed by atoms with Gasteiger partial charge in [0.2, 0.25) is 10.9 Å². The highest BCUT2D eigenvalue weighted by molar-refractivity contribution is 7.12. The Labute approximate surface area is 230 Å². The molecule has 2 aromatic heterocycles. The van der Waals surface area contributed by atoms with Gasteiger partial charge in [0.1, 0.15) is 4.88 Å². The van der Waals surface area contributed by atoms with Gasteiger partial charge in [0.15, 0.2) is 0 Å². The Hall–Kier alpha value is -4.34. The predicted molar refractivity (Wildman–Crippen MR) is 160 cm³/mol. The number of benzene rings is 2. The van der Waals surface area contributed by atoms with Crippen molar-refractivity contribution in [3.63, 3.8) is 0 Å². The first kappa shape index (κ1) is 26.3. The van der Waals surface area contributed by atoms with Gasteiger partial charge in [0.05, 0.1) is 22.5 Å². The second-order valence-corrected chi connectivity index (χ2v) is 10.5. The molecule has 1 amide bonds. The Balaban J connectivity index is 1.33. The van der Waals surface area contributed by atoms with E-state index < -0.39 is 10.9 Å². The number of anilines is 3. The van der Waals surface area contributed by atoms with Crippen LogP contribution in [0.3, 0.4) is 0 Å². The number of para-hydroxylation sites is 1. The minimum atomic E-state index is -0.512. The van der Waals surface area contributed by atoms with E-state index in [1.807, 2.05) is 73.8 Å². The molecule has 5 rings (SSSR count). The van der Waals surface area contributed by atoms with E-state index in [1.54, 1.807) is 18.3 Å². The van der Waals surface area contributed by atoms with Crippen LogP contribution in [0.1, 0.15) is 20.8 Å². The van der Waals surface area contributed by atoms with E-state index in [2.05, 4.69) is 20.9 Å². The van der Waals surface area contributed by atoms with Crippen LogP contribution in [0, 0.1) is 6.92 Å². The molecule has 39 heavy (non-hydrogen) atoms. The molecule has 3 N–H and O–H groups in total. The number of rotatable bonds is 10. The third kappa shape index (κ3) is 5.45. The summed E-state index contributed by atoms with van der Waals surface area (Å²) >= 11 is 1.35. The Bertz CT molecular complexity index is 1730. The Morgan fingerprint density at radius 1 is 1.00 bits per heavy atom. The van der Waals surface area contributed by atoms with E-state index >= 15 is 0 Å². The molecule has 0 radical (unpaired) electrons. The van der Waals surface area contributed by atoms with Crippen LogP contribution in [0.25, 0.3) is 22.0 Å². The molecule has 0 aliphatic carbocycles. The van der Waals surface area contributed by atoms with Crippen molar-refractivity contribution < 1.29 is 4.79 Å². The Morgan fingerprint density at radius 2 is 1.82 bits per heavy atom. The molecule has 0 saturated heterocycles. The summed E-state index contributed by atoms with van der Waals surface area (Å²) in [5.74, 6) is -0.254. The van der Waals surface area contributed by atoms with Gasteiger partial charge >= 0.3 is 0 Å². The molecule has 0 bridgehead atoms. The summed E-state index contributed by atoms with van der Waals surface area (Å²) in [6, 6.07) is 17.2. The van der Waals surface area contributed by atoms with Gasteiger partial charge in [-0.2, -0.15) is 0 Å². The summed E-state index contributed by atoms with van der Waals surface area (Å²) in [4.78, 5) is 45.0. The molecule has 198 valence electrons. The average Bonchev–Trinajstić information content (AvgIpc) is 3.41. The fourth-order valence-electron chi connectivity index (χ4n) is 4.50. The fourth-order valence-corrected chi connectivity index (χ4v) is 5.27. The Kier molecular flexibility index (Phi) is 7.53. The number of aromatic nitrogens is 1. The number of carbonyl (C=O) groups is 1. The zero-order valence-corrected chi connectivity index (χ0v) is 22.8. The van der Waals surface area contributed by atoms with Gasteiger partial charge in [-0.3, -0.25) is 19.4 Å². The van der Waals surface area contributed by atoms with Crippen molar-refractivity contribution in [1.82, 2.24) is 9.88 Å². The van der Waals surface area contributed by atoms with Crippen molar-refractivity contribution >= 4 is 45.2 Å². The maximum atomic E-state index is 13.3. The Morgan fingerprint density at radius 3 is 2.64 bits per heavy atom. The first-order chi connectivity index (χ1) is 18.8. The van der Waals surface area contributed by atoms with E-state index in [9.17, 15) is 14.4 Å². The highest BCUT2D eigenvalue weighted by Gasteiger charge is 2.24.